The molecule has 17 heavy (non-hydrogen) atoms. The quantitative estimate of drug-likeness (QED) is 0.592. The van der Waals surface area contributed by atoms with Gasteiger partial charge >= 0.3 is 0 Å². The lowest BCUT2D eigenvalue weighted by atomic mass is 10.2. The Bertz CT molecular complexity index is 351. The Labute approximate surface area is 101 Å². The van der Waals surface area contributed by atoms with E-state index in [0.717, 1.165) is 5.56 Å². The lowest BCUT2D eigenvalue weighted by molar-refractivity contribution is -0.133. The first kappa shape index (κ1) is 13.6. The van der Waals surface area contributed by atoms with Gasteiger partial charge in [-0.15, -0.1) is 0 Å². The highest BCUT2D eigenvalue weighted by molar-refractivity contribution is 5.13. The molecular formula is C12H17N3O2. The van der Waals surface area contributed by atoms with Crippen molar-refractivity contribution in [2.24, 2.45) is 5.73 Å². The van der Waals surface area contributed by atoms with E-state index in [1.54, 1.807) is 0 Å². The summed E-state index contributed by atoms with van der Waals surface area (Å²) in [6.07, 6.45) is -0.875. The van der Waals surface area contributed by atoms with Crippen LogP contribution < -0.4 is 11.1 Å². The summed E-state index contributed by atoms with van der Waals surface area (Å²) in [5, 5.41) is 20.8. The second-order valence-electron chi connectivity index (χ2n) is 3.61. The van der Waals surface area contributed by atoms with Gasteiger partial charge < -0.3 is 15.6 Å². The van der Waals surface area contributed by atoms with Gasteiger partial charge in [-0.25, -0.2) is 0 Å². The largest absolute Gasteiger partial charge is 0.356 e. The fourth-order valence-electron chi connectivity index (χ4n) is 1.32. The first-order valence-electron chi connectivity index (χ1n) is 5.43. The SMILES string of the molecule is N#CCC(CN)NC(O)OCc1ccccc1. The topological polar surface area (TPSA) is 91.3 Å². The molecular weight excluding hydrogens is 218 g/mol. The predicted molar refractivity (Wildman–Crippen MR) is 63.4 cm³/mol. The van der Waals surface area contributed by atoms with Crippen molar-refractivity contribution in [3.05, 3.63) is 35.9 Å². The molecule has 0 saturated heterocycles. The average Bonchev–Trinajstić information content (AvgIpc) is 2.37. The Balaban J connectivity index is 2.30. The molecule has 5 nitrogen and oxygen atoms in total. The Kier molecular flexibility index (Phi) is 6.22. The van der Waals surface area contributed by atoms with E-state index in [1.807, 2.05) is 36.4 Å². The third-order valence-corrected chi connectivity index (χ3v) is 2.25. The van der Waals surface area contributed by atoms with Crippen molar-refractivity contribution >= 4 is 0 Å². The zero-order valence-electron chi connectivity index (χ0n) is 9.54. The van der Waals surface area contributed by atoms with Crippen LogP contribution in [-0.2, 0) is 11.3 Å². The highest BCUT2D eigenvalue weighted by Gasteiger charge is 2.11. The highest BCUT2D eigenvalue weighted by atomic mass is 16.6. The molecule has 0 saturated carbocycles. The summed E-state index contributed by atoms with van der Waals surface area (Å²) in [6.45, 7) is 0.582. The highest BCUT2D eigenvalue weighted by Crippen LogP contribution is 2.02. The van der Waals surface area contributed by atoms with Crippen LogP contribution in [-0.4, -0.2) is 24.1 Å². The zero-order chi connectivity index (χ0) is 12.5. The van der Waals surface area contributed by atoms with Gasteiger partial charge in [-0.3, -0.25) is 5.32 Å². The average molecular weight is 235 g/mol. The van der Waals surface area contributed by atoms with Gasteiger partial charge in [0.25, 0.3) is 0 Å². The van der Waals surface area contributed by atoms with Crippen molar-refractivity contribution < 1.29 is 9.84 Å². The lowest BCUT2D eigenvalue weighted by Crippen LogP contribution is -2.43. The number of ether oxygens (including phenoxy) is 1. The van der Waals surface area contributed by atoms with Crippen molar-refractivity contribution in [2.45, 2.75) is 25.5 Å². The van der Waals surface area contributed by atoms with E-state index < -0.39 is 6.41 Å². The molecule has 4 N–H and O–H groups in total. The van der Waals surface area contributed by atoms with E-state index in [0.29, 0.717) is 6.61 Å². The number of nitriles is 1. The number of aliphatic hydroxyl groups excluding tert-OH is 1. The molecule has 2 unspecified atom stereocenters. The van der Waals surface area contributed by atoms with E-state index >= 15 is 0 Å². The second-order valence-corrected chi connectivity index (χ2v) is 3.61. The number of rotatable bonds is 7. The fraction of sp³-hybridized carbons (Fsp3) is 0.417. The summed E-state index contributed by atoms with van der Waals surface area (Å²) in [4.78, 5) is 0. The van der Waals surface area contributed by atoms with Crippen molar-refractivity contribution in [1.82, 2.24) is 5.32 Å². The number of hydrogen-bond acceptors (Lipinski definition) is 5. The molecule has 1 aromatic rings. The van der Waals surface area contributed by atoms with Gasteiger partial charge in [0, 0.05) is 12.6 Å². The number of aliphatic hydroxyl groups is 1. The number of nitrogens with two attached hydrogens (primary N) is 1. The van der Waals surface area contributed by atoms with E-state index in [1.165, 1.54) is 0 Å². The molecule has 1 rings (SSSR count). The van der Waals surface area contributed by atoms with Crippen LogP contribution in [0.3, 0.4) is 0 Å². The minimum absolute atomic E-state index is 0.238. The third-order valence-electron chi connectivity index (χ3n) is 2.25. The third kappa shape index (κ3) is 5.43. The standard InChI is InChI=1S/C12H17N3O2/c13-7-6-11(8-14)15-12(16)17-9-10-4-2-1-3-5-10/h1-5,11-12,15-16H,6,8-9,14H2. The molecule has 0 aliphatic heterocycles. The van der Waals surface area contributed by atoms with Crippen LogP contribution in [0.4, 0.5) is 0 Å². The molecule has 0 aliphatic carbocycles. The monoisotopic (exact) mass is 235 g/mol. The van der Waals surface area contributed by atoms with Gasteiger partial charge in [-0.05, 0) is 5.56 Å². The minimum Gasteiger partial charge on any atom is -0.356 e. The molecule has 5 heteroatoms. The Morgan fingerprint density at radius 2 is 2.12 bits per heavy atom. The maximum Gasteiger partial charge on any atom is 0.214 e. The molecule has 0 radical (unpaired) electrons. The maximum atomic E-state index is 9.54. The van der Waals surface area contributed by atoms with Crippen LogP contribution in [0.25, 0.3) is 0 Å². The summed E-state index contributed by atoms with van der Waals surface area (Å²) in [7, 11) is 0. The molecule has 1 aromatic carbocycles. The summed E-state index contributed by atoms with van der Waals surface area (Å²) >= 11 is 0. The maximum absolute atomic E-state index is 9.54. The zero-order valence-corrected chi connectivity index (χ0v) is 9.54. The van der Waals surface area contributed by atoms with E-state index in [-0.39, 0.29) is 19.0 Å². The summed E-state index contributed by atoms with van der Waals surface area (Å²) in [5.41, 5.74) is 6.40. The van der Waals surface area contributed by atoms with Crippen LogP contribution in [0, 0.1) is 11.3 Å². The Morgan fingerprint density at radius 3 is 2.71 bits per heavy atom. The number of nitrogens with one attached hydrogen (secondary N) is 1. The van der Waals surface area contributed by atoms with Gasteiger partial charge in [0.2, 0.25) is 6.41 Å². The molecule has 0 spiro atoms. The van der Waals surface area contributed by atoms with E-state index in [2.05, 4.69) is 5.32 Å². The molecule has 0 heterocycles. The van der Waals surface area contributed by atoms with Crippen LogP contribution >= 0.6 is 0 Å². The first-order chi connectivity index (χ1) is 8.26. The van der Waals surface area contributed by atoms with Crippen molar-refractivity contribution in [2.75, 3.05) is 6.54 Å². The number of hydrogen-bond donors (Lipinski definition) is 3. The van der Waals surface area contributed by atoms with E-state index in [4.69, 9.17) is 15.7 Å². The molecule has 0 fully saturated rings. The molecule has 0 aliphatic rings. The molecule has 92 valence electrons. The van der Waals surface area contributed by atoms with Crippen LogP contribution in [0.1, 0.15) is 12.0 Å². The molecule has 0 aromatic heterocycles. The molecule has 0 bridgehead atoms. The van der Waals surface area contributed by atoms with Crippen molar-refractivity contribution in [3.63, 3.8) is 0 Å². The van der Waals surface area contributed by atoms with Gasteiger partial charge in [0.05, 0.1) is 19.1 Å². The van der Waals surface area contributed by atoms with Crippen LogP contribution in [0.15, 0.2) is 30.3 Å². The van der Waals surface area contributed by atoms with Crippen LogP contribution in [0.2, 0.25) is 0 Å². The van der Waals surface area contributed by atoms with E-state index in [9.17, 15) is 5.11 Å². The van der Waals surface area contributed by atoms with Gasteiger partial charge in [-0.1, -0.05) is 30.3 Å². The predicted octanol–water partition coefficient (Wildman–Crippen LogP) is 0.310. The summed E-state index contributed by atoms with van der Waals surface area (Å²) in [6, 6.07) is 11.3. The number of benzene rings is 1. The van der Waals surface area contributed by atoms with Crippen LogP contribution in [0.5, 0.6) is 0 Å². The van der Waals surface area contributed by atoms with Crippen molar-refractivity contribution in [1.29, 1.82) is 5.26 Å². The molecule has 2 atom stereocenters. The second kappa shape index (κ2) is 7.76. The van der Waals surface area contributed by atoms with Crippen molar-refractivity contribution in [3.8, 4) is 6.07 Å². The van der Waals surface area contributed by atoms with Gasteiger partial charge in [0.15, 0.2) is 0 Å². The Hall–Kier alpha value is -1.45. The summed E-state index contributed by atoms with van der Waals surface area (Å²) < 4.78 is 5.19. The fourth-order valence-corrected chi connectivity index (χ4v) is 1.32. The smallest absolute Gasteiger partial charge is 0.214 e. The normalized spacial score (nSPS) is 13.9. The lowest BCUT2D eigenvalue weighted by Gasteiger charge is -2.19. The molecule has 0 amide bonds. The Morgan fingerprint density at radius 1 is 1.41 bits per heavy atom. The first-order valence-corrected chi connectivity index (χ1v) is 5.43. The minimum atomic E-state index is -1.11. The summed E-state index contributed by atoms with van der Waals surface area (Å²) in [5.74, 6) is 0. The number of nitrogens with zero attached hydrogens (tertiary/aromatic N) is 1. The van der Waals surface area contributed by atoms with Gasteiger partial charge in [0.1, 0.15) is 0 Å². The van der Waals surface area contributed by atoms with Gasteiger partial charge in [-0.2, -0.15) is 5.26 Å².